The van der Waals surface area contributed by atoms with Crippen LogP contribution >= 0.6 is 0 Å². The zero-order valence-corrected chi connectivity index (χ0v) is 12.3. The minimum absolute atomic E-state index is 0.0448. The van der Waals surface area contributed by atoms with Crippen LogP contribution in [0.25, 0.3) is 0 Å². The summed E-state index contributed by atoms with van der Waals surface area (Å²) in [7, 11) is -1.19. The summed E-state index contributed by atoms with van der Waals surface area (Å²) in [6.45, 7) is 7.15. The maximum Gasteiger partial charge on any atom is 0.212 e. The van der Waals surface area contributed by atoms with Crippen LogP contribution in [0.1, 0.15) is 13.8 Å². The molecule has 0 aliphatic carbocycles. The molecule has 0 saturated carbocycles. The molecule has 6 nitrogen and oxygen atoms in total. The highest BCUT2D eigenvalue weighted by molar-refractivity contribution is 7.89. The first-order valence-corrected chi connectivity index (χ1v) is 8.05. The van der Waals surface area contributed by atoms with E-state index in [1.165, 1.54) is 0 Å². The molecule has 1 unspecified atom stereocenters. The summed E-state index contributed by atoms with van der Waals surface area (Å²) in [4.78, 5) is 2.14. The van der Waals surface area contributed by atoms with E-state index in [0.717, 1.165) is 13.1 Å². The van der Waals surface area contributed by atoms with Crippen molar-refractivity contribution in [2.45, 2.75) is 26.0 Å². The lowest BCUT2D eigenvalue weighted by Gasteiger charge is -2.30. The zero-order valence-electron chi connectivity index (χ0n) is 11.5. The Morgan fingerprint density at radius 2 is 2.17 bits per heavy atom. The van der Waals surface area contributed by atoms with Crippen LogP contribution in [0.5, 0.6) is 0 Å². The van der Waals surface area contributed by atoms with E-state index >= 15 is 0 Å². The minimum atomic E-state index is -3.21. The topological polar surface area (TPSA) is 70.7 Å². The Kier molecular flexibility index (Phi) is 6.51. The molecule has 1 rings (SSSR count). The van der Waals surface area contributed by atoms with E-state index in [0.29, 0.717) is 25.7 Å². The van der Waals surface area contributed by atoms with Crippen LogP contribution in [0, 0.1) is 0 Å². The summed E-state index contributed by atoms with van der Waals surface area (Å²) < 4.78 is 31.5. The molecule has 1 aliphatic heterocycles. The highest BCUT2D eigenvalue weighted by Crippen LogP contribution is 2.02. The molecule has 0 aromatic heterocycles. The molecule has 1 heterocycles. The number of sulfonamides is 1. The molecule has 0 amide bonds. The number of likely N-dealkylation sites (N-methyl/N-ethyl adjacent to an activating group) is 1. The summed E-state index contributed by atoms with van der Waals surface area (Å²) in [6, 6.07) is 0.301. The van der Waals surface area contributed by atoms with Crippen LogP contribution in [0.4, 0.5) is 0 Å². The fourth-order valence-electron chi connectivity index (χ4n) is 1.76. The molecule has 7 heteroatoms. The maximum absolute atomic E-state index is 11.7. The third-order valence-corrected chi connectivity index (χ3v) is 4.14. The number of nitrogens with one attached hydrogen (secondary N) is 2. The van der Waals surface area contributed by atoms with Crippen molar-refractivity contribution in [2.75, 3.05) is 45.6 Å². The first-order chi connectivity index (χ1) is 8.39. The minimum Gasteiger partial charge on any atom is -0.374 e. The van der Waals surface area contributed by atoms with E-state index in [2.05, 4.69) is 14.9 Å². The molecule has 0 aromatic carbocycles. The van der Waals surface area contributed by atoms with Gasteiger partial charge in [-0.15, -0.1) is 0 Å². The lowest BCUT2D eigenvalue weighted by atomic mass is 10.3. The van der Waals surface area contributed by atoms with Crippen molar-refractivity contribution in [1.82, 2.24) is 14.9 Å². The molecule has 1 aliphatic rings. The maximum atomic E-state index is 11.7. The van der Waals surface area contributed by atoms with Gasteiger partial charge in [-0.3, -0.25) is 0 Å². The van der Waals surface area contributed by atoms with Gasteiger partial charge in [0.05, 0.1) is 18.5 Å². The fraction of sp³-hybridized carbons (Fsp3) is 1.00. The molecule has 0 aromatic rings. The van der Waals surface area contributed by atoms with E-state index in [1.807, 2.05) is 20.9 Å². The van der Waals surface area contributed by atoms with Gasteiger partial charge >= 0.3 is 0 Å². The van der Waals surface area contributed by atoms with Gasteiger partial charge < -0.3 is 15.0 Å². The predicted octanol–water partition coefficient (Wildman–Crippen LogP) is -0.766. The van der Waals surface area contributed by atoms with E-state index in [9.17, 15) is 8.42 Å². The van der Waals surface area contributed by atoms with Crippen molar-refractivity contribution in [3.8, 4) is 0 Å². The fourth-order valence-corrected chi connectivity index (χ4v) is 2.74. The van der Waals surface area contributed by atoms with Crippen LogP contribution in [0.15, 0.2) is 0 Å². The lowest BCUT2D eigenvalue weighted by Crippen LogP contribution is -2.46. The third-order valence-electron chi connectivity index (χ3n) is 2.80. The van der Waals surface area contributed by atoms with E-state index in [-0.39, 0.29) is 11.9 Å². The average molecular weight is 279 g/mol. The molecule has 2 N–H and O–H groups in total. The number of hydrogen-bond donors (Lipinski definition) is 2. The quantitative estimate of drug-likeness (QED) is 0.641. The Balaban J connectivity index is 2.24. The van der Waals surface area contributed by atoms with Gasteiger partial charge in [-0.25, -0.2) is 13.1 Å². The number of nitrogens with zero attached hydrogens (tertiary/aromatic N) is 1. The Morgan fingerprint density at radius 1 is 1.44 bits per heavy atom. The van der Waals surface area contributed by atoms with Crippen molar-refractivity contribution < 1.29 is 13.2 Å². The normalized spacial score (nSPS) is 22.6. The predicted molar refractivity (Wildman–Crippen MR) is 72.2 cm³/mol. The van der Waals surface area contributed by atoms with Gasteiger partial charge in [0.1, 0.15) is 0 Å². The molecule has 18 heavy (non-hydrogen) atoms. The van der Waals surface area contributed by atoms with E-state index < -0.39 is 10.0 Å². The number of hydrogen-bond acceptors (Lipinski definition) is 5. The molecule has 1 fully saturated rings. The van der Waals surface area contributed by atoms with Gasteiger partial charge in [0.25, 0.3) is 0 Å². The van der Waals surface area contributed by atoms with Gasteiger partial charge in [-0.2, -0.15) is 0 Å². The largest absolute Gasteiger partial charge is 0.374 e. The Hall–Kier alpha value is -0.210. The van der Waals surface area contributed by atoms with Crippen molar-refractivity contribution in [2.24, 2.45) is 0 Å². The monoisotopic (exact) mass is 279 g/mol. The molecule has 108 valence electrons. The second kappa shape index (κ2) is 7.40. The summed E-state index contributed by atoms with van der Waals surface area (Å²) >= 11 is 0. The van der Waals surface area contributed by atoms with Crippen molar-refractivity contribution >= 4 is 10.0 Å². The summed E-state index contributed by atoms with van der Waals surface area (Å²) in [5.74, 6) is 0.105. The van der Waals surface area contributed by atoms with E-state index in [4.69, 9.17) is 4.74 Å². The Bertz CT molecular complexity index is 332. The molecule has 0 bridgehead atoms. The van der Waals surface area contributed by atoms with Crippen LogP contribution in [0.2, 0.25) is 0 Å². The first-order valence-electron chi connectivity index (χ1n) is 6.40. The zero-order chi connectivity index (χ0) is 13.6. The second-order valence-corrected chi connectivity index (χ2v) is 6.96. The Morgan fingerprint density at radius 3 is 2.78 bits per heavy atom. The lowest BCUT2D eigenvalue weighted by molar-refractivity contribution is -0.0156. The molecular weight excluding hydrogens is 254 g/mol. The van der Waals surface area contributed by atoms with Gasteiger partial charge in [0.2, 0.25) is 10.0 Å². The van der Waals surface area contributed by atoms with Crippen LogP contribution in [-0.4, -0.2) is 71.0 Å². The molecule has 1 saturated heterocycles. The molecule has 0 radical (unpaired) electrons. The molecular formula is C11H25N3O3S. The summed E-state index contributed by atoms with van der Waals surface area (Å²) in [5.41, 5.74) is 0. The van der Waals surface area contributed by atoms with Gasteiger partial charge in [-0.1, -0.05) is 13.8 Å². The molecule has 1 atom stereocenters. The van der Waals surface area contributed by atoms with Crippen molar-refractivity contribution in [1.29, 1.82) is 0 Å². The Labute approximate surface area is 110 Å². The summed E-state index contributed by atoms with van der Waals surface area (Å²) in [5, 5.41) is 3.09. The van der Waals surface area contributed by atoms with Crippen LogP contribution in [-0.2, 0) is 14.8 Å². The highest BCUT2D eigenvalue weighted by Gasteiger charge is 2.20. The third kappa shape index (κ3) is 6.65. The SMILES string of the molecule is CC(C)NCCS(=O)(=O)NCC1CN(C)CCO1. The van der Waals surface area contributed by atoms with Gasteiger partial charge in [0.15, 0.2) is 0 Å². The second-order valence-electron chi connectivity index (χ2n) is 5.03. The van der Waals surface area contributed by atoms with Crippen molar-refractivity contribution in [3.05, 3.63) is 0 Å². The standard InChI is InChI=1S/C11H25N3O3S/c1-10(2)12-4-7-18(15,16)13-8-11-9-14(3)5-6-17-11/h10-13H,4-9H2,1-3H3. The van der Waals surface area contributed by atoms with Gasteiger partial charge in [-0.05, 0) is 7.05 Å². The number of morpholine rings is 1. The van der Waals surface area contributed by atoms with Crippen molar-refractivity contribution in [3.63, 3.8) is 0 Å². The summed E-state index contributed by atoms with van der Waals surface area (Å²) in [6.07, 6.45) is -0.0448. The average Bonchev–Trinajstić information content (AvgIpc) is 2.26. The molecule has 0 spiro atoms. The van der Waals surface area contributed by atoms with Crippen LogP contribution < -0.4 is 10.0 Å². The first kappa shape index (κ1) is 15.8. The number of ether oxygens (including phenoxy) is 1. The van der Waals surface area contributed by atoms with Gasteiger partial charge in [0, 0.05) is 32.2 Å². The number of rotatable bonds is 7. The van der Waals surface area contributed by atoms with E-state index in [1.54, 1.807) is 0 Å². The highest BCUT2D eigenvalue weighted by atomic mass is 32.2. The van der Waals surface area contributed by atoms with Crippen LogP contribution in [0.3, 0.4) is 0 Å². The smallest absolute Gasteiger partial charge is 0.212 e.